The van der Waals surface area contributed by atoms with E-state index in [2.05, 4.69) is 17.1 Å². The van der Waals surface area contributed by atoms with Crippen LogP contribution in [-0.2, 0) is 21.1 Å². The monoisotopic (exact) mass is 444 g/mol. The largest absolute Gasteiger partial charge is 0.497 e. The molecule has 0 unspecified atom stereocenters. The minimum absolute atomic E-state index is 0.0725. The molecule has 8 heteroatoms. The Balaban J connectivity index is 1.52. The van der Waals surface area contributed by atoms with E-state index in [1.54, 1.807) is 7.11 Å². The van der Waals surface area contributed by atoms with E-state index in [1.807, 2.05) is 47.4 Å². The number of aliphatic imine (C=N–C) groups is 1. The van der Waals surface area contributed by atoms with Gasteiger partial charge in [0.1, 0.15) is 5.75 Å². The molecule has 0 spiro atoms. The Hall–Kier alpha value is -2.32. The maximum atomic E-state index is 12.6. The number of sulfone groups is 1. The molecule has 1 amide bonds. The van der Waals surface area contributed by atoms with E-state index in [0.717, 1.165) is 18.5 Å². The molecule has 0 radical (unpaired) electrons. The zero-order valence-corrected chi connectivity index (χ0v) is 18.4. The van der Waals surface area contributed by atoms with Gasteiger partial charge in [-0.05, 0) is 30.5 Å². The summed E-state index contributed by atoms with van der Waals surface area (Å²) in [5.41, 5.74) is 1.99. The number of benzene rings is 2. The molecule has 2 aromatic carbocycles. The normalized spacial score (nSPS) is 23.5. The number of nitrogens with zero attached hydrogens (tertiary/aromatic N) is 2. The molecule has 2 aromatic rings. The number of ether oxygens (including phenoxy) is 1. The highest BCUT2D eigenvalue weighted by Crippen LogP contribution is 2.41. The third-order valence-corrected chi connectivity index (χ3v) is 8.53. The summed E-state index contributed by atoms with van der Waals surface area (Å²) in [4.78, 5) is 18.8. The number of thioether (sulfide) groups is 1. The molecule has 30 heavy (non-hydrogen) atoms. The van der Waals surface area contributed by atoms with Gasteiger partial charge in [-0.15, -0.1) is 0 Å². The van der Waals surface area contributed by atoms with Crippen molar-refractivity contribution in [3.05, 3.63) is 60.2 Å². The number of amides is 1. The van der Waals surface area contributed by atoms with Crippen LogP contribution in [0.2, 0.25) is 0 Å². The molecule has 2 saturated heterocycles. The van der Waals surface area contributed by atoms with Gasteiger partial charge in [0.05, 0.1) is 24.7 Å². The first kappa shape index (κ1) is 20.9. The molecular weight excluding hydrogens is 420 g/mol. The first-order valence-electron chi connectivity index (χ1n) is 9.91. The van der Waals surface area contributed by atoms with Crippen molar-refractivity contribution in [2.24, 2.45) is 4.99 Å². The van der Waals surface area contributed by atoms with Crippen molar-refractivity contribution in [3.63, 3.8) is 0 Å². The summed E-state index contributed by atoms with van der Waals surface area (Å²) in [7, 11) is -1.50. The van der Waals surface area contributed by atoms with Gasteiger partial charge in [0.2, 0.25) is 5.91 Å². The van der Waals surface area contributed by atoms with Crippen LogP contribution in [-0.4, -0.2) is 49.4 Å². The smallest absolute Gasteiger partial charge is 0.248 e. The highest BCUT2D eigenvalue weighted by Gasteiger charge is 2.49. The molecule has 4 rings (SSSR count). The summed E-state index contributed by atoms with van der Waals surface area (Å²) in [5.74, 6) is 0.687. The average Bonchev–Trinajstić information content (AvgIpc) is 3.19. The molecule has 0 saturated carbocycles. The second kappa shape index (κ2) is 8.81. The maximum Gasteiger partial charge on any atom is 0.248 e. The second-order valence-electron chi connectivity index (χ2n) is 7.50. The van der Waals surface area contributed by atoms with Gasteiger partial charge in [-0.2, -0.15) is 4.99 Å². The first-order valence-corrected chi connectivity index (χ1v) is 12.6. The summed E-state index contributed by atoms with van der Waals surface area (Å²) < 4.78 is 29.7. The second-order valence-corrected chi connectivity index (χ2v) is 10.9. The van der Waals surface area contributed by atoms with Crippen molar-refractivity contribution < 1.29 is 17.9 Å². The minimum Gasteiger partial charge on any atom is -0.497 e. The van der Waals surface area contributed by atoms with E-state index in [1.165, 1.54) is 17.3 Å². The predicted octanol–water partition coefficient (Wildman–Crippen LogP) is 3.32. The number of methoxy groups -OCH3 is 1. The van der Waals surface area contributed by atoms with Gasteiger partial charge in [-0.3, -0.25) is 4.79 Å². The molecule has 2 fully saturated rings. The molecule has 6 nitrogen and oxygen atoms in total. The first-order chi connectivity index (χ1) is 14.4. The third kappa shape index (κ3) is 4.70. The molecule has 158 valence electrons. The fourth-order valence-electron chi connectivity index (χ4n) is 3.88. The van der Waals surface area contributed by atoms with E-state index in [0.29, 0.717) is 17.3 Å². The third-order valence-electron chi connectivity index (χ3n) is 5.32. The van der Waals surface area contributed by atoms with E-state index in [9.17, 15) is 13.2 Å². The summed E-state index contributed by atoms with van der Waals surface area (Å²) in [6, 6.07) is 17.3. The van der Waals surface area contributed by atoms with E-state index >= 15 is 0 Å². The van der Waals surface area contributed by atoms with Crippen molar-refractivity contribution in [1.82, 2.24) is 0 Å². The van der Waals surface area contributed by atoms with Gasteiger partial charge in [0, 0.05) is 23.4 Å². The number of carbonyl (C=O) groups excluding carboxylic acids is 1. The van der Waals surface area contributed by atoms with E-state index in [-0.39, 0.29) is 28.7 Å². The van der Waals surface area contributed by atoms with Gasteiger partial charge >= 0.3 is 0 Å². The van der Waals surface area contributed by atoms with Crippen LogP contribution in [0.5, 0.6) is 5.75 Å². The Bertz CT molecular complexity index is 1050. The standard InChI is InChI=1S/C22H24N2O4S2/c1-28-18-11-6-10-17(13-18)24-19-14-30(26,27)15-20(19)29-22(24)23-21(25)12-5-9-16-7-3-2-4-8-16/h2-4,6-8,10-11,13,19-20H,5,9,12,14-15H2,1H3/t19-,20-/m0/s1. The van der Waals surface area contributed by atoms with Crippen LogP contribution < -0.4 is 9.64 Å². The number of carbonyl (C=O) groups is 1. The van der Waals surface area contributed by atoms with Crippen molar-refractivity contribution in [2.45, 2.75) is 30.6 Å². The number of aryl methyl sites for hydroxylation is 1. The predicted molar refractivity (Wildman–Crippen MR) is 121 cm³/mol. The summed E-state index contributed by atoms with van der Waals surface area (Å²) in [6.07, 6.45) is 1.91. The van der Waals surface area contributed by atoms with Crippen molar-refractivity contribution in [1.29, 1.82) is 0 Å². The molecular formula is C22H24N2O4S2. The number of amidine groups is 1. The summed E-state index contributed by atoms with van der Waals surface area (Å²) in [6.45, 7) is 0. The SMILES string of the molecule is COc1cccc(N2C(=NC(=O)CCCc3ccccc3)S[C@H]3CS(=O)(=O)C[C@@H]32)c1. The van der Waals surface area contributed by atoms with E-state index < -0.39 is 9.84 Å². The Labute approximate surface area is 181 Å². The average molecular weight is 445 g/mol. The van der Waals surface area contributed by atoms with Crippen molar-refractivity contribution in [3.8, 4) is 5.75 Å². The fraction of sp³-hybridized carbons (Fsp3) is 0.364. The van der Waals surface area contributed by atoms with Crippen LogP contribution in [0.15, 0.2) is 59.6 Å². The van der Waals surface area contributed by atoms with Crippen LogP contribution >= 0.6 is 11.8 Å². The van der Waals surface area contributed by atoms with Gasteiger partial charge in [0.25, 0.3) is 0 Å². The van der Waals surface area contributed by atoms with Crippen LogP contribution in [0.25, 0.3) is 0 Å². The number of fused-ring (bicyclic) bond motifs is 1. The summed E-state index contributed by atoms with van der Waals surface area (Å²) >= 11 is 1.39. The van der Waals surface area contributed by atoms with Gasteiger partial charge in [0.15, 0.2) is 15.0 Å². The lowest BCUT2D eigenvalue weighted by Gasteiger charge is -2.24. The zero-order chi connectivity index (χ0) is 21.1. The molecule has 0 bridgehead atoms. The molecule has 0 N–H and O–H groups in total. The Morgan fingerprint density at radius 1 is 1.17 bits per heavy atom. The fourth-order valence-corrected chi connectivity index (χ4v) is 7.81. The van der Waals surface area contributed by atoms with Crippen LogP contribution in [0, 0.1) is 0 Å². The van der Waals surface area contributed by atoms with E-state index in [4.69, 9.17) is 4.74 Å². The Morgan fingerprint density at radius 3 is 2.73 bits per heavy atom. The lowest BCUT2D eigenvalue weighted by atomic mass is 10.1. The van der Waals surface area contributed by atoms with Gasteiger partial charge in [-0.1, -0.05) is 48.2 Å². The van der Waals surface area contributed by atoms with Crippen molar-refractivity contribution >= 4 is 38.4 Å². The Kier molecular flexibility index (Phi) is 6.15. The quantitative estimate of drug-likeness (QED) is 0.680. The maximum absolute atomic E-state index is 12.6. The number of rotatable bonds is 6. The van der Waals surface area contributed by atoms with Gasteiger partial charge in [-0.25, -0.2) is 8.42 Å². The number of hydrogen-bond acceptors (Lipinski definition) is 5. The lowest BCUT2D eigenvalue weighted by molar-refractivity contribution is -0.117. The zero-order valence-electron chi connectivity index (χ0n) is 16.7. The van der Waals surface area contributed by atoms with Gasteiger partial charge < -0.3 is 9.64 Å². The van der Waals surface area contributed by atoms with Crippen LogP contribution in [0.3, 0.4) is 0 Å². The molecule has 0 aromatic heterocycles. The molecule has 2 aliphatic heterocycles. The van der Waals surface area contributed by atoms with Crippen LogP contribution in [0.1, 0.15) is 18.4 Å². The van der Waals surface area contributed by atoms with Crippen LogP contribution in [0.4, 0.5) is 5.69 Å². The minimum atomic E-state index is -3.09. The van der Waals surface area contributed by atoms with Crippen molar-refractivity contribution in [2.75, 3.05) is 23.5 Å². The highest BCUT2D eigenvalue weighted by atomic mass is 32.2. The molecule has 0 aliphatic carbocycles. The molecule has 2 aliphatic rings. The molecule has 2 atom stereocenters. The number of anilines is 1. The summed E-state index contributed by atoms with van der Waals surface area (Å²) in [5, 5.41) is 0.468. The number of hydrogen-bond donors (Lipinski definition) is 0. The lowest BCUT2D eigenvalue weighted by Crippen LogP contribution is -2.37. The highest BCUT2D eigenvalue weighted by molar-refractivity contribution is 8.16. The Morgan fingerprint density at radius 2 is 1.97 bits per heavy atom. The molecule has 2 heterocycles. The topological polar surface area (TPSA) is 76.0 Å².